The van der Waals surface area contributed by atoms with Gasteiger partial charge in [0.2, 0.25) is 0 Å². The van der Waals surface area contributed by atoms with Gasteiger partial charge in [0.1, 0.15) is 0 Å². The van der Waals surface area contributed by atoms with Crippen LogP contribution in [-0.4, -0.2) is 33.6 Å². The fraction of sp³-hybridized carbons (Fsp3) is 0.727. The summed E-state index contributed by atoms with van der Waals surface area (Å²) in [6.07, 6.45) is 4.38. The van der Waals surface area contributed by atoms with E-state index in [0.717, 1.165) is 30.8 Å². The Morgan fingerprint density at radius 2 is 2.27 bits per heavy atom. The van der Waals surface area contributed by atoms with Crippen molar-refractivity contribution >= 4 is 15.9 Å². The van der Waals surface area contributed by atoms with Gasteiger partial charge in [-0.2, -0.15) is 0 Å². The van der Waals surface area contributed by atoms with Gasteiger partial charge >= 0.3 is 0 Å². The summed E-state index contributed by atoms with van der Waals surface area (Å²) >= 11 is 3.48. The van der Waals surface area contributed by atoms with Gasteiger partial charge in [-0.3, -0.25) is 0 Å². The second kappa shape index (κ2) is 4.66. The molecule has 0 amide bonds. The Hall–Kier alpha value is -0.350. The van der Waals surface area contributed by atoms with Crippen molar-refractivity contribution in [2.45, 2.75) is 39.3 Å². The number of rotatable bonds is 3. The molecular weight excluding hydrogens is 254 g/mol. The largest absolute Gasteiger partial charge is 0.323 e. The van der Waals surface area contributed by atoms with Crippen LogP contribution in [0.4, 0.5) is 0 Å². The first-order valence-corrected chi connectivity index (χ1v) is 6.49. The van der Waals surface area contributed by atoms with E-state index in [-0.39, 0.29) is 0 Å². The van der Waals surface area contributed by atoms with E-state index in [2.05, 4.69) is 44.2 Å². The molecule has 0 aliphatic carbocycles. The first kappa shape index (κ1) is 11.1. The smallest absolute Gasteiger partial charge is 0.177 e. The van der Waals surface area contributed by atoms with E-state index in [1.54, 1.807) is 0 Å². The molecule has 84 valence electrons. The number of halogens is 1. The molecule has 15 heavy (non-hydrogen) atoms. The van der Waals surface area contributed by atoms with Gasteiger partial charge in [0.25, 0.3) is 0 Å². The molecule has 1 unspecified atom stereocenters. The lowest BCUT2D eigenvalue weighted by atomic mass is 10.0. The molecule has 0 saturated carbocycles. The fourth-order valence-corrected chi connectivity index (χ4v) is 2.97. The standard InChI is InChI=1S/C11H18BrN3/c1-3-14(4-2)9-5-6-15-10(7-9)8-13-11(15)12/h8-9H,3-7H2,1-2H3. The fourth-order valence-electron chi connectivity index (χ4n) is 2.46. The molecule has 0 N–H and O–H groups in total. The summed E-state index contributed by atoms with van der Waals surface area (Å²) in [5.74, 6) is 0. The van der Waals surface area contributed by atoms with Crippen LogP contribution >= 0.6 is 15.9 Å². The second-order valence-corrected chi connectivity index (χ2v) is 4.75. The van der Waals surface area contributed by atoms with Crippen molar-refractivity contribution in [3.8, 4) is 0 Å². The van der Waals surface area contributed by atoms with Gasteiger partial charge in [0.05, 0.1) is 0 Å². The molecule has 1 atom stereocenters. The molecular formula is C11H18BrN3. The van der Waals surface area contributed by atoms with Gasteiger partial charge in [0, 0.05) is 30.9 Å². The van der Waals surface area contributed by atoms with Gasteiger partial charge in [-0.25, -0.2) is 4.98 Å². The van der Waals surface area contributed by atoms with E-state index in [0.29, 0.717) is 6.04 Å². The lowest BCUT2D eigenvalue weighted by molar-refractivity contribution is 0.183. The van der Waals surface area contributed by atoms with Gasteiger partial charge < -0.3 is 9.47 Å². The van der Waals surface area contributed by atoms with Gasteiger partial charge in [-0.15, -0.1) is 0 Å². The van der Waals surface area contributed by atoms with Crippen LogP contribution in [0.3, 0.4) is 0 Å². The lowest BCUT2D eigenvalue weighted by Gasteiger charge is -2.33. The molecule has 2 heterocycles. The van der Waals surface area contributed by atoms with Crippen molar-refractivity contribution in [1.29, 1.82) is 0 Å². The maximum absolute atomic E-state index is 4.30. The van der Waals surface area contributed by atoms with E-state index in [9.17, 15) is 0 Å². The van der Waals surface area contributed by atoms with Crippen molar-refractivity contribution in [3.63, 3.8) is 0 Å². The molecule has 3 nitrogen and oxygen atoms in total. The van der Waals surface area contributed by atoms with Crippen LogP contribution in [0.5, 0.6) is 0 Å². The maximum atomic E-state index is 4.30. The highest BCUT2D eigenvalue weighted by Gasteiger charge is 2.23. The molecule has 1 aromatic heterocycles. The molecule has 0 radical (unpaired) electrons. The Morgan fingerprint density at radius 3 is 2.93 bits per heavy atom. The van der Waals surface area contributed by atoms with Crippen LogP contribution in [0, 0.1) is 0 Å². The van der Waals surface area contributed by atoms with E-state index in [4.69, 9.17) is 0 Å². The van der Waals surface area contributed by atoms with E-state index in [1.165, 1.54) is 12.1 Å². The second-order valence-electron chi connectivity index (χ2n) is 4.04. The highest BCUT2D eigenvalue weighted by atomic mass is 79.9. The predicted octanol–water partition coefficient (Wildman–Crippen LogP) is 2.30. The molecule has 1 aliphatic heterocycles. The van der Waals surface area contributed by atoms with Crippen LogP contribution in [0.15, 0.2) is 10.9 Å². The first-order chi connectivity index (χ1) is 7.26. The van der Waals surface area contributed by atoms with E-state index in [1.807, 2.05) is 6.20 Å². The minimum atomic E-state index is 0.705. The Labute approximate surface area is 99.6 Å². The van der Waals surface area contributed by atoms with Crippen LogP contribution in [0.25, 0.3) is 0 Å². The topological polar surface area (TPSA) is 21.1 Å². The van der Waals surface area contributed by atoms with Crippen LogP contribution < -0.4 is 0 Å². The summed E-state index contributed by atoms with van der Waals surface area (Å²) in [6.45, 7) is 7.88. The average Bonchev–Trinajstić information content (AvgIpc) is 2.62. The molecule has 0 bridgehead atoms. The monoisotopic (exact) mass is 271 g/mol. The SMILES string of the molecule is CCN(CC)C1CCn2c(cnc2Br)C1. The number of imidazole rings is 1. The summed E-state index contributed by atoms with van der Waals surface area (Å²) in [5.41, 5.74) is 1.37. The third-order valence-electron chi connectivity index (χ3n) is 3.35. The van der Waals surface area contributed by atoms with Crippen molar-refractivity contribution in [1.82, 2.24) is 14.5 Å². The zero-order chi connectivity index (χ0) is 10.8. The summed E-state index contributed by atoms with van der Waals surface area (Å²) in [4.78, 5) is 6.85. The van der Waals surface area contributed by atoms with Gasteiger partial charge in [-0.05, 0) is 35.4 Å². The summed E-state index contributed by atoms with van der Waals surface area (Å²) in [6, 6.07) is 0.705. The van der Waals surface area contributed by atoms with Gasteiger partial charge in [-0.1, -0.05) is 13.8 Å². The number of fused-ring (bicyclic) bond motifs is 1. The highest BCUT2D eigenvalue weighted by Crippen LogP contribution is 2.23. The third-order valence-corrected chi connectivity index (χ3v) is 3.98. The van der Waals surface area contributed by atoms with Crippen LogP contribution in [0.2, 0.25) is 0 Å². The third kappa shape index (κ3) is 2.11. The zero-order valence-electron chi connectivity index (χ0n) is 9.41. The normalized spacial score (nSPS) is 20.7. The van der Waals surface area contributed by atoms with Crippen LogP contribution in [0.1, 0.15) is 26.0 Å². The molecule has 0 saturated heterocycles. The molecule has 0 aromatic carbocycles. The summed E-state index contributed by atoms with van der Waals surface area (Å²) < 4.78 is 3.26. The van der Waals surface area contributed by atoms with Gasteiger partial charge in [0.15, 0.2) is 4.73 Å². The number of hydrogen-bond acceptors (Lipinski definition) is 2. The molecule has 4 heteroatoms. The number of likely N-dealkylation sites (N-methyl/N-ethyl adjacent to an activating group) is 1. The summed E-state index contributed by atoms with van der Waals surface area (Å²) in [7, 11) is 0. The molecule has 0 spiro atoms. The minimum Gasteiger partial charge on any atom is -0.323 e. The Balaban J connectivity index is 2.11. The van der Waals surface area contributed by atoms with Crippen molar-refractivity contribution in [2.24, 2.45) is 0 Å². The Bertz CT molecular complexity index is 331. The number of aromatic nitrogens is 2. The van der Waals surface area contributed by atoms with Crippen molar-refractivity contribution in [3.05, 3.63) is 16.6 Å². The average molecular weight is 272 g/mol. The number of nitrogens with zero attached hydrogens (tertiary/aromatic N) is 3. The Morgan fingerprint density at radius 1 is 1.53 bits per heavy atom. The zero-order valence-corrected chi connectivity index (χ0v) is 11.0. The molecule has 0 fully saturated rings. The minimum absolute atomic E-state index is 0.705. The van der Waals surface area contributed by atoms with E-state index < -0.39 is 0 Å². The van der Waals surface area contributed by atoms with Crippen LogP contribution in [-0.2, 0) is 13.0 Å². The maximum Gasteiger partial charge on any atom is 0.177 e. The first-order valence-electron chi connectivity index (χ1n) is 5.70. The Kier molecular flexibility index (Phi) is 3.46. The summed E-state index contributed by atoms with van der Waals surface area (Å²) in [5, 5.41) is 0. The molecule has 2 rings (SSSR count). The highest BCUT2D eigenvalue weighted by molar-refractivity contribution is 9.10. The molecule has 1 aliphatic rings. The lowest BCUT2D eigenvalue weighted by Crippen LogP contribution is -2.40. The van der Waals surface area contributed by atoms with Crippen molar-refractivity contribution in [2.75, 3.05) is 13.1 Å². The van der Waals surface area contributed by atoms with Crippen molar-refractivity contribution < 1.29 is 0 Å². The quantitative estimate of drug-likeness (QED) is 0.842. The molecule has 1 aromatic rings. The predicted molar refractivity (Wildman–Crippen MR) is 65.0 cm³/mol. The van der Waals surface area contributed by atoms with E-state index >= 15 is 0 Å². The number of hydrogen-bond donors (Lipinski definition) is 0.